The molecule has 1 N–H and O–H groups in total. The van der Waals surface area contributed by atoms with Crippen LogP contribution in [0.2, 0.25) is 0 Å². The van der Waals surface area contributed by atoms with Crippen molar-refractivity contribution in [2.45, 2.75) is 26.4 Å². The van der Waals surface area contributed by atoms with E-state index in [0.29, 0.717) is 17.1 Å². The number of amides is 1. The van der Waals surface area contributed by atoms with Crippen LogP contribution in [0.3, 0.4) is 0 Å². The zero-order valence-corrected chi connectivity index (χ0v) is 13.5. The van der Waals surface area contributed by atoms with Crippen molar-refractivity contribution >= 4 is 18.0 Å². The Bertz CT molecular complexity index is 774. The van der Waals surface area contributed by atoms with Crippen LogP contribution in [0.25, 0.3) is 11.3 Å². The molecule has 24 heavy (non-hydrogen) atoms. The first-order valence-corrected chi connectivity index (χ1v) is 7.12. The van der Waals surface area contributed by atoms with Gasteiger partial charge in [-0.05, 0) is 39.0 Å². The molecule has 1 aromatic carbocycles. The number of carbonyl (C=O) groups excluding carboxylic acids is 1. The van der Waals surface area contributed by atoms with Gasteiger partial charge in [0.1, 0.15) is 17.1 Å². The number of nitrogens with one attached hydrogen (secondary N) is 1. The number of nitrogens with zero attached hydrogens (tertiary/aromatic N) is 2. The fourth-order valence-corrected chi connectivity index (χ4v) is 1.86. The Balaban J connectivity index is 2.08. The van der Waals surface area contributed by atoms with Gasteiger partial charge in [0, 0.05) is 6.07 Å². The Kier molecular flexibility index (Phi) is 4.98. The summed E-state index contributed by atoms with van der Waals surface area (Å²) < 4.78 is 10.5. The highest BCUT2D eigenvalue weighted by atomic mass is 16.6. The van der Waals surface area contributed by atoms with Crippen LogP contribution in [-0.2, 0) is 4.74 Å². The molecule has 0 spiro atoms. The number of benzene rings is 1. The second kappa shape index (κ2) is 6.95. The fraction of sp³-hybridized carbons (Fsp3) is 0.250. The summed E-state index contributed by atoms with van der Waals surface area (Å²) in [6.45, 7) is 5.21. The topological polar surface area (TPSA) is 107 Å². The van der Waals surface area contributed by atoms with E-state index in [9.17, 15) is 14.9 Å². The zero-order valence-electron chi connectivity index (χ0n) is 13.5. The Morgan fingerprint density at radius 2 is 2.00 bits per heavy atom. The van der Waals surface area contributed by atoms with Crippen LogP contribution >= 0.6 is 0 Å². The lowest BCUT2D eigenvalue weighted by Crippen LogP contribution is -2.29. The Morgan fingerprint density at radius 3 is 2.67 bits per heavy atom. The van der Waals surface area contributed by atoms with Crippen LogP contribution in [0.15, 0.2) is 45.9 Å². The Hall–Kier alpha value is -3.16. The molecule has 1 heterocycles. The highest BCUT2D eigenvalue weighted by Crippen LogP contribution is 2.30. The molecule has 0 saturated heterocycles. The molecule has 0 bridgehead atoms. The summed E-state index contributed by atoms with van der Waals surface area (Å²) in [5.41, 5.74) is 1.89. The van der Waals surface area contributed by atoms with Crippen molar-refractivity contribution in [3.63, 3.8) is 0 Å². The molecule has 1 amide bonds. The van der Waals surface area contributed by atoms with Gasteiger partial charge in [-0.25, -0.2) is 10.2 Å². The number of carbonyl (C=O) groups is 1. The molecule has 1 aromatic heterocycles. The van der Waals surface area contributed by atoms with E-state index in [2.05, 4.69) is 10.5 Å². The van der Waals surface area contributed by atoms with Crippen molar-refractivity contribution in [3.8, 4) is 11.3 Å². The van der Waals surface area contributed by atoms with Crippen molar-refractivity contribution in [2.75, 3.05) is 0 Å². The number of ether oxygens (including phenoxy) is 1. The van der Waals surface area contributed by atoms with E-state index in [1.807, 2.05) is 0 Å². The third kappa shape index (κ3) is 4.67. The molecule has 0 aliphatic rings. The summed E-state index contributed by atoms with van der Waals surface area (Å²) in [4.78, 5) is 22.0. The van der Waals surface area contributed by atoms with E-state index in [1.54, 1.807) is 51.1 Å². The molecule has 0 unspecified atom stereocenters. The highest BCUT2D eigenvalue weighted by Gasteiger charge is 2.17. The van der Waals surface area contributed by atoms with E-state index in [1.165, 1.54) is 12.3 Å². The molecule has 0 atom stereocenters. The Labute approximate surface area is 138 Å². The smallest absolute Gasteiger partial charge is 0.428 e. The molecule has 8 nitrogen and oxygen atoms in total. The fourth-order valence-electron chi connectivity index (χ4n) is 1.86. The molecule has 2 rings (SSSR count). The minimum Gasteiger partial charge on any atom is -0.455 e. The predicted molar refractivity (Wildman–Crippen MR) is 87.8 cm³/mol. The van der Waals surface area contributed by atoms with Gasteiger partial charge in [-0.1, -0.05) is 12.1 Å². The molecule has 2 aromatic rings. The maximum Gasteiger partial charge on any atom is 0.428 e. The van der Waals surface area contributed by atoms with Gasteiger partial charge in [-0.15, -0.1) is 0 Å². The predicted octanol–water partition coefficient (Wildman–Crippen LogP) is 3.71. The van der Waals surface area contributed by atoms with Gasteiger partial charge in [0.2, 0.25) is 0 Å². The van der Waals surface area contributed by atoms with Crippen LogP contribution in [-0.4, -0.2) is 22.8 Å². The molecule has 0 radical (unpaired) electrons. The lowest BCUT2D eigenvalue weighted by atomic mass is 10.1. The molecule has 0 saturated carbocycles. The van der Waals surface area contributed by atoms with Gasteiger partial charge < -0.3 is 9.15 Å². The summed E-state index contributed by atoms with van der Waals surface area (Å²) in [5.74, 6) is 0.667. The molecule has 126 valence electrons. The van der Waals surface area contributed by atoms with Crippen LogP contribution in [0.1, 0.15) is 26.5 Å². The molecule has 8 heteroatoms. The van der Waals surface area contributed by atoms with Crippen molar-refractivity contribution in [3.05, 3.63) is 52.3 Å². The first-order chi connectivity index (χ1) is 11.3. The number of nitro groups is 1. The summed E-state index contributed by atoms with van der Waals surface area (Å²) >= 11 is 0. The lowest BCUT2D eigenvalue weighted by Gasteiger charge is -2.18. The summed E-state index contributed by atoms with van der Waals surface area (Å²) in [6, 6.07) is 9.44. The van der Waals surface area contributed by atoms with Crippen molar-refractivity contribution < 1.29 is 18.9 Å². The van der Waals surface area contributed by atoms with E-state index in [4.69, 9.17) is 9.15 Å². The minimum absolute atomic E-state index is 0.0535. The van der Waals surface area contributed by atoms with E-state index in [0.717, 1.165) is 0 Å². The molecular formula is C16H17N3O5. The first kappa shape index (κ1) is 17.2. The molecular weight excluding hydrogens is 314 g/mol. The molecule has 0 aliphatic carbocycles. The van der Waals surface area contributed by atoms with Gasteiger partial charge in [-0.3, -0.25) is 10.1 Å². The number of para-hydroxylation sites is 1. The summed E-state index contributed by atoms with van der Waals surface area (Å²) in [5, 5.41) is 14.8. The van der Waals surface area contributed by atoms with Gasteiger partial charge in [0.05, 0.1) is 16.7 Å². The zero-order chi connectivity index (χ0) is 17.7. The average molecular weight is 331 g/mol. The van der Waals surface area contributed by atoms with Gasteiger partial charge in [0.15, 0.2) is 0 Å². The number of rotatable bonds is 4. The number of hydrogen-bond acceptors (Lipinski definition) is 6. The maximum absolute atomic E-state index is 11.4. The van der Waals surface area contributed by atoms with E-state index < -0.39 is 16.6 Å². The normalized spacial score (nSPS) is 11.5. The van der Waals surface area contributed by atoms with Crippen molar-refractivity contribution in [2.24, 2.45) is 5.10 Å². The number of hydrogen-bond donors (Lipinski definition) is 1. The number of furan rings is 1. The largest absolute Gasteiger partial charge is 0.455 e. The first-order valence-electron chi connectivity index (χ1n) is 7.12. The van der Waals surface area contributed by atoms with Crippen LogP contribution in [0.4, 0.5) is 10.5 Å². The SMILES string of the molecule is CC(C)(C)OC(=O)NN=Cc1ccc(-c2ccccc2[N+](=O)[O-])o1. The third-order valence-electron chi connectivity index (χ3n) is 2.74. The standard InChI is InChI=1S/C16H17N3O5/c1-16(2,3)24-15(20)18-17-10-11-8-9-14(23-11)12-6-4-5-7-13(12)19(21)22/h4-10H,1-3H3,(H,18,20). The highest BCUT2D eigenvalue weighted by molar-refractivity contribution is 5.80. The second-order valence-corrected chi connectivity index (χ2v) is 5.85. The van der Waals surface area contributed by atoms with E-state index in [-0.39, 0.29) is 5.69 Å². The van der Waals surface area contributed by atoms with Gasteiger partial charge in [0.25, 0.3) is 5.69 Å². The minimum atomic E-state index is -0.691. The lowest BCUT2D eigenvalue weighted by molar-refractivity contribution is -0.384. The van der Waals surface area contributed by atoms with E-state index >= 15 is 0 Å². The van der Waals surface area contributed by atoms with Gasteiger partial charge >= 0.3 is 6.09 Å². The van der Waals surface area contributed by atoms with Crippen molar-refractivity contribution in [1.29, 1.82) is 0 Å². The van der Waals surface area contributed by atoms with Gasteiger partial charge in [-0.2, -0.15) is 5.10 Å². The van der Waals surface area contributed by atoms with Crippen LogP contribution in [0, 0.1) is 10.1 Å². The summed E-state index contributed by atoms with van der Waals surface area (Å²) in [6.07, 6.45) is 0.589. The van der Waals surface area contributed by atoms with Crippen LogP contribution < -0.4 is 5.43 Å². The molecule has 0 aliphatic heterocycles. The Morgan fingerprint density at radius 1 is 1.29 bits per heavy atom. The number of nitro benzene ring substituents is 1. The monoisotopic (exact) mass is 331 g/mol. The maximum atomic E-state index is 11.4. The number of hydrazone groups is 1. The average Bonchev–Trinajstić information content (AvgIpc) is 2.94. The van der Waals surface area contributed by atoms with Crippen molar-refractivity contribution in [1.82, 2.24) is 5.43 Å². The third-order valence-corrected chi connectivity index (χ3v) is 2.74. The van der Waals surface area contributed by atoms with Crippen LogP contribution in [0.5, 0.6) is 0 Å². The second-order valence-electron chi connectivity index (χ2n) is 5.85. The quantitative estimate of drug-likeness (QED) is 0.522. The summed E-state index contributed by atoms with van der Waals surface area (Å²) in [7, 11) is 0. The molecule has 0 fully saturated rings.